The normalized spacial score (nSPS) is 10.3. The van der Waals surface area contributed by atoms with Gasteiger partial charge in [0.15, 0.2) is 0 Å². The van der Waals surface area contributed by atoms with E-state index in [4.69, 9.17) is 5.84 Å². The Hall–Kier alpha value is -1.92. The minimum atomic E-state index is -0.133. The maximum absolute atomic E-state index is 12.1. The smallest absolute Gasteiger partial charge is 0.253 e. The number of hydrogen-bond acceptors (Lipinski definition) is 5. The van der Waals surface area contributed by atoms with Crippen LogP contribution in [0.15, 0.2) is 23.6 Å². The molecule has 20 heavy (non-hydrogen) atoms. The molecule has 6 heteroatoms. The molecule has 106 valence electrons. The molecule has 0 unspecified atom stereocenters. The summed E-state index contributed by atoms with van der Waals surface area (Å²) in [5, 5.41) is 5.92. The average Bonchev–Trinajstić information content (AvgIpc) is 2.84. The van der Waals surface area contributed by atoms with Crippen molar-refractivity contribution in [3.05, 3.63) is 45.4 Å². The van der Waals surface area contributed by atoms with Crippen LogP contribution in [0.3, 0.4) is 0 Å². The summed E-state index contributed by atoms with van der Waals surface area (Å²) in [7, 11) is 0. The van der Waals surface area contributed by atoms with Gasteiger partial charge in [-0.15, -0.1) is 11.3 Å². The van der Waals surface area contributed by atoms with E-state index < -0.39 is 0 Å². The number of hydrogen-bond donors (Lipinski definition) is 3. The Morgan fingerprint density at radius 3 is 2.85 bits per heavy atom. The van der Waals surface area contributed by atoms with Gasteiger partial charge in [-0.25, -0.2) is 4.98 Å². The van der Waals surface area contributed by atoms with E-state index in [-0.39, 0.29) is 5.91 Å². The highest BCUT2D eigenvalue weighted by Gasteiger charge is 2.10. The number of anilines is 1. The molecule has 0 aliphatic carbocycles. The Balaban J connectivity index is 1.95. The highest BCUT2D eigenvalue weighted by Crippen LogP contribution is 2.16. The molecule has 2 rings (SSSR count). The van der Waals surface area contributed by atoms with Crippen LogP contribution >= 0.6 is 11.3 Å². The summed E-state index contributed by atoms with van der Waals surface area (Å²) in [6.07, 6.45) is 0.738. The lowest BCUT2D eigenvalue weighted by atomic mass is 10.1. The van der Waals surface area contributed by atoms with Gasteiger partial charge in [-0.1, -0.05) is 6.07 Å². The monoisotopic (exact) mass is 290 g/mol. The highest BCUT2D eigenvalue weighted by molar-refractivity contribution is 7.09. The van der Waals surface area contributed by atoms with Crippen LogP contribution < -0.4 is 16.6 Å². The average molecular weight is 290 g/mol. The van der Waals surface area contributed by atoms with Gasteiger partial charge in [0.2, 0.25) is 0 Å². The van der Waals surface area contributed by atoms with Crippen LogP contribution in [0.1, 0.15) is 26.6 Å². The van der Waals surface area contributed by atoms with Crippen molar-refractivity contribution in [1.82, 2.24) is 10.3 Å². The van der Waals surface area contributed by atoms with Crippen molar-refractivity contribution in [1.29, 1.82) is 0 Å². The van der Waals surface area contributed by atoms with E-state index in [1.54, 1.807) is 17.4 Å². The van der Waals surface area contributed by atoms with Gasteiger partial charge in [0, 0.05) is 24.0 Å². The van der Waals surface area contributed by atoms with Gasteiger partial charge in [-0.05, 0) is 31.5 Å². The molecule has 1 aromatic heterocycles. The van der Waals surface area contributed by atoms with Gasteiger partial charge < -0.3 is 10.7 Å². The van der Waals surface area contributed by atoms with Crippen molar-refractivity contribution in [3.8, 4) is 0 Å². The molecule has 0 bridgehead atoms. The number of nitrogens with zero attached hydrogens (tertiary/aromatic N) is 1. The van der Waals surface area contributed by atoms with Crippen LogP contribution in [0.5, 0.6) is 0 Å². The molecule has 0 fully saturated rings. The number of carbonyl (C=O) groups excluding carboxylic acids is 1. The number of aryl methyl sites for hydroxylation is 2. The highest BCUT2D eigenvalue weighted by atomic mass is 32.1. The molecule has 1 heterocycles. The summed E-state index contributed by atoms with van der Waals surface area (Å²) in [4.78, 5) is 16.5. The molecular weight excluding hydrogens is 272 g/mol. The molecule has 4 N–H and O–H groups in total. The number of hydrazine groups is 1. The van der Waals surface area contributed by atoms with E-state index in [1.165, 1.54) is 0 Å². The standard InChI is InChI=1S/C14H18N4OS/c1-9-3-4-11(12(7-9)18-15)14(19)16-6-5-13-17-10(2)8-20-13/h3-4,7-8,18H,5-6,15H2,1-2H3,(H,16,19). The summed E-state index contributed by atoms with van der Waals surface area (Å²) in [5.41, 5.74) is 5.81. The van der Waals surface area contributed by atoms with Crippen molar-refractivity contribution < 1.29 is 4.79 Å². The molecule has 0 aliphatic rings. The summed E-state index contributed by atoms with van der Waals surface area (Å²) in [6, 6.07) is 5.51. The second-order valence-corrected chi connectivity index (χ2v) is 5.52. The molecule has 1 amide bonds. The van der Waals surface area contributed by atoms with E-state index in [0.29, 0.717) is 17.8 Å². The summed E-state index contributed by atoms with van der Waals surface area (Å²) in [6.45, 7) is 4.47. The Bertz CT molecular complexity index is 609. The molecule has 0 atom stereocenters. The Labute approximate surface area is 122 Å². The van der Waals surface area contributed by atoms with Gasteiger partial charge in [0.1, 0.15) is 0 Å². The lowest BCUT2D eigenvalue weighted by Crippen LogP contribution is -2.27. The number of carbonyl (C=O) groups is 1. The van der Waals surface area contributed by atoms with E-state index in [2.05, 4.69) is 15.7 Å². The van der Waals surface area contributed by atoms with Crippen LogP contribution in [0.2, 0.25) is 0 Å². The first kappa shape index (κ1) is 14.5. The fourth-order valence-electron chi connectivity index (χ4n) is 1.87. The van der Waals surface area contributed by atoms with Crippen molar-refractivity contribution in [2.45, 2.75) is 20.3 Å². The Morgan fingerprint density at radius 2 is 2.20 bits per heavy atom. The minimum Gasteiger partial charge on any atom is -0.352 e. The largest absolute Gasteiger partial charge is 0.352 e. The van der Waals surface area contributed by atoms with Crippen molar-refractivity contribution >= 4 is 22.9 Å². The molecular formula is C14H18N4OS. The van der Waals surface area contributed by atoms with Crippen molar-refractivity contribution in [2.75, 3.05) is 12.0 Å². The third kappa shape index (κ3) is 3.55. The van der Waals surface area contributed by atoms with Crippen LogP contribution in [-0.4, -0.2) is 17.4 Å². The number of nitrogen functional groups attached to an aromatic ring is 1. The fraction of sp³-hybridized carbons (Fsp3) is 0.286. The zero-order chi connectivity index (χ0) is 14.5. The summed E-state index contributed by atoms with van der Waals surface area (Å²) < 4.78 is 0. The van der Waals surface area contributed by atoms with Crippen molar-refractivity contribution in [2.24, 2.45) is 5.84 Å². The second-order valence-electron chi connectivity index (χ2n) is 4.58. The second kappa shape index (κ2) is 6.49. The molecule has 0 saturated carbocycles. The first-order chi connectivity index (χ1) is 9.60. The molecule has 5 nitrogen and oxygen atoms in total. The number of aromatic nitrogens is 1. The molecule has 0 saturated heterocycles. The number of amides is 1. The first-order valence-electron chi connectivity index (χ1n) is 6.36. The third-order valence-corrected chi connectivity index (χ3v) is 3.89. The van der Waals surface area contributed by atoms with Gasteiger partial charge in [0.05, 0.1) is 16.3 Å². The van der Waals surface area contributed by atoms with Gasteiger partial charge >= 0.3 is 0 Å². The van der Waals surface area contributed by atoms with Crippen molar-refractivity contribution in [3.63, 3.8) is 0 Å². The number of thiazole rings is 1. The van der Waals surface area contributed by atoms with Gasteiger partial charge in [-0.3, -0.25) is 10.6 Å². The Kier molecular flexibility index (Phi) is 4.70. The third-order valence-electron chi connectivity index (χ3n) is 2.87. The van der Waals surface area contributed by atoms with Gasteiger partial charge in [0.25, 0.3) is 5.91 Å². The van der Waals surface area contributed by atoms with Crippen LogP contribution in [0.25, 0.3) is 0 Å². The first-order valence-corrected chi connectivity index (χ1v) is 7.24. The predicted octanol–water partition coefficient (Wildman–Crippen LogP) is 2.02. The maximum atomic E-state index is 12.1. The number of rotatable bonds is 5. The van der Waals surface area contributed by atoms with E-state index in [9.17, 15) is 4.79 Å². The number of nitrogens with one attached hydrogen (secondary N) is 2. The van der Waals surface area contributed by atoms with Crippen LogP contribution in [0, 0.1) is 13.8 Å². The predicted molar refractivity (Wildman–Crippen MR) is 81.9 cm³/mol. The topological polar surface area (TPSA) is 80.0 Å². The zero-order valence-electron chi connectivity index (χ0n) is 11.6. The van der Waals surface area contributed by atoms with E-state index in [1.807, 2.05) is 31.4 Å². The molecule has 0 radical (unpaired) electrons. The van der Waals surface area contributed by atoms with Gasteiger partial charge in [-0.2, -0.15) is 0 Å². The summed E-state index contributed by atoms with van der Waals surface area (Å²) >= 11 is 1.61. The minimum absolute atomic E-state index is 0.133. The van der Waals surface area contributed by atoms with E-state index >= 15 is 0 Å². The SMILES string of the molecule is Cc1ccc(C(=O)NCCc2nc(C)cs2)c(NN)c1. The fourth-order valence-corrected chi connectivity index (χ4v) is 2.65. The number of nitrogens with two attached hydrogens (primary N) is 1. The quantitative estimate of drug-likeness (QED) is 0.581. The molecule has 0 spiro atoms. The van der Waals surface area contributed by atoms with Crippen LogP contribution in [-0.2, 0) is 6.42 Å². The molecule has 0 aliphatic heterocycles. The Morgan fingerprint density at radius 1 is 1.40 bits per heavy atom. The van der Waals surface area contributed by atoms with E-state index in [0.717, 1.165) is 22.7 Å². The zero-order valence-corrected chi connectivity index (χ0v) is 12.4. The lowest BCUT2D eigenvalue weighted by Gasteiger charge is -2.10. The van der Waals surface area contributed by atoms with Crippen LogP contribution in [0.4, 0.5) is 5.69 Å². The summed E-state index contributed by atoms with van der Waals surface area (Å²) in [5.74, 6) is 5.31. The maximum Gasteiger partial charge on any atom is 0.253 e. The molecule has 2 aromatic rings. The number of benzene rings is 1. The molecule has 1 aromatic carbocycles. The lowest BCUT2D eigenvalue weighted by molar-refractivity contribution is 0.0955.